The van der Waals surface area contributed by atoms with Gasteiger partial charge in [0.15, 0.2) is 0 Å². The van der Waals surface area contributed by atoms with Gasteiger partial charge in [0.2, 0.25) is 5.95 Å². The molecule has 0 aliphatic heterocycles. The summed E-state index contributed by atoms with van der Waals surface area (Å²) in [6, 6.07) is 5.53. The second-order valence-corrected chi connectivity index (χ2v) is 3.54. The molecular weight excluding hydrogens is 253 g/mol. The first-order chi connectivity index (χ1) is 8.39. The number of alkyl halides is 3. The van der Waals surface area contributed by atoms with Crippen molar-refractivity contribution in [2.75, 3.05) is 0 Å². The van der Waals surface area contributed by atoms with Gasteiger partial charge in [0.25, 0.3) is 0 Å². The molecule has 0 radical (unpaired) electrons. The summed E-state index contributed by atoms with van der Waals surface area (Å²) in [7, 11) is 0. The maximum atomic E-state index is 13.4. The molecule has 1 heterocycles. The molecule has 0 aliphatic rings. The first-order valence-corrected chi connectivity index (χ1v) is 4.87. The van der Waals surface area contributed by atoms with Gasteiger partial charge in [-0.05, 0) is 12.1 Å². The predicted octanol–water partition coefficient (Wildman–Crippen LogP) is 4.05. The molecule has 1 aromatic heterocycles. The fraction of sp³-hybridized carbons (Fsp3) is 0.0833. The van der Waals surface area contributed by atoms with Gasteiger partial charge in [-0.15, -0.1) is 0 Å². The maximum Gasteiger partial charge on any atom is 0.417 e. The van der Waals surface area contributed by atoms with E-state index >= 15 is 0 Å². The first kappa shape index (κ1) is 12.5. The Kier molecular flexibility index (Phi) is 3.02. The smallest absolute Gasteiger partial charge is 0.227 e. The molecule has 0 amide bonds. The highest BCUT2D eigenvalue weighted by molar-refractivity contribution is 5.64. The number of aromatic nitrogens is 1. The number of hydrogen-bond donors (Lipinski definition) is 0. The summed E-state index contributed by atoms with van der Waals surface area (Å²) in [5, 5.41) is 0. The third-order valence-corrected chi connectivity index (χ3v) is 2.33. The molecule has 1 aromatic carbocycles. The van der Waals surface area contributed by atoms with E-state index in [9.17, 15) is 22.0 Å². The van der Waals surface area contributed by atoms with Crippen molar-refractivity contribution < 1.29 is 22.0 Å². The Morgan fingerprint density at radius 3 is 2.22 bits per heavy atom. The number of halogens is 5. The molecule has 0 N–H and O–H groups in total. The van der Waals surface area contributed by atoms with Gasteiger partial charge in [0, 0.05) is 17.3 Å². The van der Waals surface area contributed by atoms with E-state index in [1.165, 1.54) is 18.2 Å². The van der Waals surface area contributed by atoms with Crippen LogP contribution >= 0.6 is 0 Å². The third kappa shape index (κ3) is 2.32. The van der Waals surface area contributed by atoms with E-state index in [-0.39, 0.29) is 5.56 Å². The van der Waals surface area contributed by atoms with Gasteiger partial charge in [-0.2, -0.15) is 17.6 Å². The van der Waals surface area contributed by atoms with Gasteiger partial charge in [0.05, 0.1) is 5.56 Å². The van der Waals surface area contributed by atoms with Crippen molar-refractivity contribution in [1.82, 2.24) is 4.98 Å². The number of benzene rings is 1. The fourth-order valence-corrected chi connectivity index (χ4v) is 1.47. The Labute approximate surface area is 98.9 Å². The zero-order chi connectivity index (χ0) is 13.3. The van der Waals surface area contributed by atoms with Crippen molar-refractivity contribution in [2.24, 2.45) is 0 Å². The van der Waals surface area contributed by atoms with Crippen LogP contribution in [0.25, 0.3) is 11.1 Å². The quantitative estimate of drug-likeness (QED) is 0.556. The van der Waals surface area contributed by atoms with Gasteiger partial charge >= 0.3 is 6.18 Å². The van der Waals surface area contributed by atoms with Crippen LogP contribution in [0.4, 0.5) is 22.0 Å². The fourth-order valence-electron chi connectivity index (χ4n) is 1.47. The zero-order valence-corrected chi connectivity index (χ0v) is 8.80. The normalized spacial score (nSPS) is 11.6. The van der Waals surface area contributed by atoms with Crippen LogP contribution in [0.1, 0.15) is 5.56 Å². The van der Waals surface area contributed by atoms with E-state index in [1.807, 2.05) is 0 Å². The second-order valence-electron chi connectivity index (χ2n) is 3.54. The highest BCUT2D eigenvalue weighted by atomic mass is 19.4. The topological polar surface area (TPSA) is 12.9 Å². The Hall–Kier alpha value is -1.98. The average molecular weight is 259 g/mol. The van der Waals surface area contributed by atoms with Gasteiger partial charge in [-0.25, -0.2) is 9.37 Å². The molecule has 94 valence electrons. The predicted molar refractivity (Wildman–Crippen MR) is 54.6 cm³/mol. The molecule has 2 aromatic rings. The molecule has 2 rings (SSSR count). The van der Waals surface area contributed by atoms with E-state index in [2.05, 4.69) is 4.98 Å². The largest absolute Gasteiger partial charge is 0.417 e. The van der Waals surface area contributed by atoms with Crippen molar-refractivity contribution in [3.63, 3.8) is 0 Å². The Morgan fingerprint density at radius 1 is 0.944 bits per heavy atom. The van der Waals surface area contributed by atoms with E-state index in [4.69, 9.17) is 0 Å². The van der Waals surface area contributed by atoms with Crippen LogP contribution in [-0.4, -0.2) is 4.98 Å². The molecule has 6 heteroatoms. The van der Waals surface area contributed by atoms with Gasteiger partial charge < -0.3 is 0 Å². The standard InChI is InChI=1S/C12H6F5N/c13-10-4-2-1-3-8(10)9-5-7(12(15,16)17)6-18-11(9)14/h1-6H. The molecule has 0 bridgehead atoms. The zero-order valence-electron chi connectivity index (χ0n) is 8.80. The van der Waals surface area contributed by atoms with Crippen molar-refractivity contribution in [1.29, 1.82) is 0 Å². The maximum absolute atomic E-state index is 13.4. The molecule has 1 nitrogen and oxygen atoms in total. The molecular formula is C12H6F5N. The monoisotopic (exact) mass is 259 g/mol. The van der Waals surface area contributed by atoms with E-state index in [0.717, 1.165) is 6.07 Å². The summed E-state index contributed by atoms with van der Waals surface area (Å²) in [5.74, 6) is -1.95. The molecule has 0 atom stereocenters. The highest BCUT2D eigenvalue weighted by Crippen LogP contribution is 2.33. The minimum Gasteiger partial charge on any atom is -0.227 e. The summed E-state index contributed by atoms with van der Waals surface area (Å²) in [4.78, 5) is 3.01. The lowest BCUT2D eigenvalue weighted by molar-refractivity contribution is -0.137. The third-order valence-electron chi connectivity index (χ3n) is 2.33. The second kappa shape index (κ2) is 4.36. The number of nitrogens with zero attached hydrogens (tertiary/aromatic N) is 1. The van der Waals surface area contributed by atoms with Crippen LogP contribution < -0.4 is 0 Å². The molecule has 0 fully saturated rings. The van der Waals surface area contributed by atoms with E-state index in [1.54, 1.807) is 0 Å². The van der Waals surface area contributed by atoms with E-state index < -0.39 is 29.1 Å². The van der Waals surface area contributed by atoms with Crippen LogP contribution in [0, 0.1) is 11.8 Å². The average Bonchev–Trinajstić information content (AvgIpc) is 2.29. The summed E-state index contributed by atoms with van der Waals surface area (Å²) in [6.45, 7) is 0. The van der Waals surface area contributed by atoms with Crippen molar-refractivity contribution >= 4 is 0 Å². The Morgan fingerprint density at radius 2 is 1.61 bits per heavy atom. The summed E-state index contributed by atoms with van der Waals surface area (Å²) in [5.41, 5.74) is -1.89. The van der Waals surface area contributed by atoms with Crippen LogP contribution in [0.2, 0.25) is 0 Å². The van der Waals surface area contributed by atoms with Crippen LogP contribution in [0.5, 0.6) is 0 Å². The van der Waals surface area contributed by atoms with Gasteiger partial charge in [0.1, 0.15) is 5.82 Å². The lowest BCUT2D eigenvalue weighted by Crippen LogP contribution is -2.07. The van der Waals surface area contributed by atoms with Gasteiger partial charge in [-0.1, -0.05) is 18.2 Å². The van der Waals surface area contributed by atoms with Crippen molar-refractivity contribution in [2.45, 2.75) is 6.18 Å². The van der Waals surface area contributed by atoms with Gasteiger partial charge in [-0.3, -0.25) is 0 Å². The SMILES string of the molecule is Fc1ccccc1-c1cc(C(F)(F)F)cnc1F. The molecule has 18 heavy (non-hydrogen) atoms. The summed E-state index contributed by atoms with van der Waals surface area (Å²) < 4.78 is 64.2. The Balaban J connectivity index is 2.61. The van der Waals surface area contributed by atoms with Crippen molar-refractivity contribution in [3.8, 4) is 11.1 Å². The summed E-state index contributed by atoms with van der Waals surface area (Å²) >= 11 is 0. The summed E-state index contributed by atoms with van der Waals surface area (Å²) in [6.07, 6.45) is -4.28. The Bertz CT molecular complexity index is 577. The molecule has 0 saturated carbocycles. The molecule has 0 spiro atoms. The lowest BCUT2D eigenvalue weighted by atomic mass is 10.0. The minimum atomic E-state index is -4.65. The number of rotatable bonds is 1. The van der Waals surface area contributed by atoms with Crippen molar-refractivity contribution in [3.05, 3.63) is 53.9 Å². The number of hydrogen-bond acceptors (Lipinski definition) is 1. The highest BCUT2D eigenvalue weighted by Gasteiger charge is 2.32. The van der Waals surface area contributed by atoms with Crippen LogP contribution in [-0.2, 0) is 6.18 Å². The lowest BCUT2D eigenvalue weighted by Gasteiger charge is -2.09. The molecule has 0 saturated heterocycles. The van der Waals surface area contributed by atoms with Crippen LogP contribution in [0.3, 0.4) is 0 Å². The minimum absolute atomic E-state index is 0.256. The van der Waals surface area contributed by atoms with E-state index in [0.29, 0.717) is 12.3 Å². The first-order valence-electron chi connectivity index (χ1n) is 4.87. The molecule has 0 unspecified atom stereocenters. The van der Waals surface area contributed by atoms with Crippen LogP contribution in [0.15, 0.2) is 36.5 Å². The number of pyridine rings is 1. The molecule has 0 aliphatic carbocycles.